The molecule has 0 radical (unpaired) electrons. The lowest BCUT2D eigenvalue weighted by molar-refractivity contribution is 0.815. The Kier molecular flexibility index (Phi) is 7.85. The maximum Gasteiger partial charge on any atom is 0.0992 e. The molecule has 0 N–H and O–H groups in total. The van der Waals surface area contributed by atoms with E-state index >= 15 is 0 Å². The number of nitriles is 3. The predicted molar refractivity (Wildman–Crippen MR) is 227 cm³/mol. The van der Waals surface area contributed by atoms with Crippen molar-refractivity contribution in [3.63, 3.8) is 0 Å². The van der Waals surface area contributed by atoms with Crippen LogP contribution in [0.25, 0.3) is 77.3 Å². The van der Waals surface area contributed by atoms with E-state index < -0.39 is 0 Å². The SMILES string of the molecule is N#Cc1cccc(-n2c3ccc(C#N)cc3c3cccc(C4=C(c5ccccc5-c5cccc6c5c5ccccc5n6C5=CC=CCC5C#N)C=CCC4)c32)c1. The van der Waals surface area contributed by atoms with Gasteiger partial charge in [0.25, 0.3) is 0 Å². The Morgan fingerprint density at radius 1 is 0.571 bits per heavy atom. The number of benzene rings is 6. The first-order valence-corrected chi connectivity index (χ1v) is 18.9. The van der Waals surface area contributed by atoms with Crippen molar-refractivity contribution < 1.29 is 0 Å². The van der Waals surface area contributed by atoms with Gasteiger partial charge in [0.1, 0.15) is 0 Å². The highest BCUT2D eigenvalue weighted by Crippen LogP contribution is 2.46. The second-order valence-corrected chi connectivity index (χ2v) is 14.4. The van der Waals surface area contributed by atoms with Gasteiger partial charge in [-0.05, 0) is 102 Å². The maximum absolute atomic E-state index is 10.2. The largest absolute Gasteiger partial charge is 0.312 e. The summed E-state index contributed by atoms with van der Waals surface area (Å²) in [5, 5.41) is 34.3. The molecule has 56 heavy (non-hydrogen) atoms. The molecule has 0 saturated carbocycles. The summed E-state index contributed by atoms with van der Waals surface area (Å²) in [7, 11) is 0. The minimum absolute atomic E-state index is 0.234. The molecule has 5 nitrogen and oxygen atoms in total. The van der Waals surface area contributed by atoms with Gasteiger partial charge in [0.05, 0.1) is 57.3 Å². The van der Waals surface area contributed by atoms with E-state index in [1.807, 2.05) is 36.4 Å². The molecule has 0 aliphatic heterocycles. The van der Waals surface area contributed by atoms with Gasteiger partial charge in [-0.15, -0.1) is 0 Å². The Morgan fingerprint density at radius 3 is 2.16 bits per heavy atom. The molecular weight excluding hydrogens is 683 g/mol. The molecule has 262 valence electrons. The van der Waals surface area contributed by atoms with Gasteiger partial charge in [-0.25, -0.2) is 0 Å². The lowest BCUT2D eigenvalue weighted by Crippen LogP contribution is -2.09. The third kappa shape index (κ3) is 5.05. The van der Waals surface area contributed by atoms with Crippen LogP contribution >= 0.6 is 0 Å². The normalized spacial score (nSPS) is 15.3. The molecule has 2 aliphatic rings. The zero-order valence-electron chi connectivity index (χ0n) is 30.4. The second kappa shape index (κ2) is 13.3. The van der Waals surface area contributed by atoms with Crippen LogP contribution in [-0.2, 0) is 0 Å². The van der Waals surface area contributed by atoms with Crippen LogP contribution in [0.3, 0.4) is 0 Å². The van der Waals surface area contributed by atoms with Crippen LogP contribution < -0.4 is 0 Å². The molecule has 5 heteroatoms. The molecule has 0 spiro atoms. The van der Waals surface area contributed by atoms with Crippen molar-refractivity contribution >= 4 is 60.5 Å². The van der Waals surface area contributed by atoms with Crippen LogP contribution in [0.5, 0.6) is 0 Å². The lowest BCUT2D eigenvalue weighted by Gasteiger charge is -2.22. The summed E-state index contributed by atoms with van der Waals surface area (Å²) in [5.41, 5.74) is 14.3. The number of aromatic nitrogens is 2. The molecule has 0 amide bonds. The van der Waals surface area contributed by atoms with Crippen LogP contribution in [0.1, 0.15) is 41.5 Å². The number of hydrogen-bond donors (Lipinski definition) is 0. The van der Waals surface area contributed by atoms with E-state index in [9.17, 15) is 15.8 Å². The zero-order valence-corrected chi connectivity index (χ0v) is 30.4. The van der Waals surface area contributed by atoms with Crippen LogP contribution in [0.15, 0.2) is 158 Å². The summed E-state index contributed by atoms with van der Waals surface area (Å²) in [6.45, 7) is 0. The molecular formula is C51H33N5. The molecule has 0 saturated heterocycles. The summed E-state index contributed by atoms with van der Waals surface area (Å²) in [6, 6.07) is 51.1. The van der Waals surface area contributed by atoms with Gasteiger partial charge in [-0.3, -0.25) is 0 Å². The van der Waals surface area contributed by atoms with E-state index in [-0.39, 0.29) is 5.92 Å². The zero-order chi connectivity index (χ0) is 37.8. The Labute approximate surface area is 324 Å². The van der Waals surface area contributed by atoms with Crippen LogP contribution in [-0.4, -0.2) is 9.13 Å². The van der Waals surface area contributed by atoms with E-state index in [0.29, 0.717) is 17.5 Å². The standard InChI is InChI=1S/C51H33N5/c52-30-33-12-9-14-36(28-33)55-48-27-26-34(31-53)29-45(48)43-22-10-21-42(51(43)55)40-18-5-3-16-38(40)37-15-2-4-17-39(37)41-20-11-25-49-50(41)44-19-6-8-24-47(44)56(49)46-23-7-1-13-35(46)32-54/h1-4,6-12,14-17,19-29,35H,5,13,18H2. The first-order chi connectivity index (χ1) is 27.7. The molecule has 6 aromatic carbocycles. The highest BCUT2D eigenvalue weighted by atomic mass is 15.0. The monoisotopic (exact) mass is 715 g/mol. The molecule has 1 unspecified atom stereocenters. The molecule has 2 aromatic heterocycles. The average Bonchev–Trinajstić information content (AvgIpc) is 3.79. The van der Waals surface area contributed by atoms with Crippen molar-refractivity contribution in [2.24, 2.45) is 5.92 Å². The third-order valence-corrected chi connectivity index (χ3v) is 11.4. The van der Waals surface area contributed by atoms with Crippen molar-refractivity contribution in [3.05, 3.63) is 180 Å². The lowest BCUT2D eigenvalue weighted by atomic mass is 9.83. The fourth-order valence-corrected chi connectivity index (χ4v) is 9.00. The predicted octanol–water partition coefficient (Wildman–Crippen LogP) is 12.5. The highest BCUT2D eigenvalue weighted by Gasteiger charge is 2.25. The average molecular weight is 716 g/mol. The fourth-order valence-electron chi connectivity index (χ4n) is 9.00. The fraction of sp³-hybridized carbons (Fsp3) is 0.0784. The van der Waals surface area contributed by atoms with Gasteiger partial charge >= 0.3 is 0 Å². The summed E-state index contributed by atoms with van der Waals surface area (Å²) in [5.74, 6) is -0.234. The van der Waals surface area contributed by atoms with Gasteiger partial charge in [-0.1, -0.05) is 103 Å². The van der Waals surface area contributed by atoms with Crippen molar-refractivity contribution in [3.8, 4) is 35.0 Å². The Hall–Kier alpha value is -7.65. The highest BCUT2D eigenvalue weighted by molar-refractivity contribution is 6.19. The minimum atomic E-state index is -0.234. The molecule has 1 atom stereocenters. The summed E-state index contributed by atoms with van der Waals surface area (Å²) in [4.78, 5) is 0. The Balaban J connectivity index is 1.25. The topological polar surface area (TPSA) is 81.2 Å². The van der Waals surface area contributed by atoms with Crippen molar-refractivity contribution in [1.82, 2.24) is 9.13 Å². The van der Waals surface area contributed by atoms with E-state index in [1.54, 1.807) is 0 Å². The van der Waals surface area contributed by atoms with Crippen molar-refractivity contribution in [2.45, 2.75) is 19.3 Å². The van der Waals surface area contributed by atoms with Gasteiger partial charge in [0, 0.05) is 38.5 Å². The van der Waals surface area contributed by atoms with Crippen LogP contribution in [0.2, 0.25) is 0 Å². The summed E-state index contributed by atoms with van der Waals surface area (Å²) in [6.07, 6.45) is 13.2. The minimum Gasteiger partial charge on any atom is -0.312 e. The van der Waals surface area contributed by atoms with E-state index in [0.717, 1.165) is 90.1 Å². The van der Waals surface area contributed by atoms with Gasteiger partial charge < -0.3 is 9.13 Å². The quantitative estimate of drug-likeness (QED) is 0.178. The van der Waals surface area contributed by atoms with Gasteiger partial charge in [0.15, 0.2) is 0 Å². The third-order valence-electron chi connectivity index (χ3n) is 11.4. The van der Waals surface area contributed by atoms with Crippen LogP contribution in [0.4, 0.5) is 0 Å². The number of rotatable bonds is 5. The first kappa shape index (κ1) is 33.0. The molecule has 2 heterocycles. The number of allylic oxidation sites excluding steroid dienone is 8. The van der Waals surface area contributed by atoms with E-state index in [2.05, 4.69) is 149 Å². The maximum atomic E-state index is 10.2. The number of nitrogens with zero attached hydrogens (tertiary/aromatic N) is 5. The van der Waals surface area contributed by atoms with Gasteiger partial charge in [0.2, 0.25) is 0 Å². The second-order valence-electron chi connectivity index (χ2n) is 14.4. The first-order valence-electron chi connectivity index (χ1n) is 18.9. The smallest absolute Gasteiger partial charge is 0.0992 e. The number of hydrogen-bond acceptors (Lipinski definition) is 3. The molecule has 0 fully saturated rings. The van der Waals surface area contributed by atoms with Gasteiger partial charge in [-0.2, -0.15) is 15.8 Å². The summed E-state index contributed by atoms with van der Waals surface area (Å²) >= 11 is 0. The molecule has 0 bridgehead atoms. The number of para-hydroxylation sites is 2. The molecule has 2 aliphatic carbocycles. The number of fused-ring (bicyclic) bond motifs is 6. The van der Waals surface area contributed by atoms with E-state index in [4.69, 9.17) is 0 Å². The summed E-state index contributed by atoms with van der Waals surface area (Å²) < 4.78 is 4.55. The Bertz CT molecular complexity index is 3210. The Morgan fingerprint density at radius 2 is 1.29 bits per heavy atom. The van der Waals surface area contributed by atoms with Crippen molar-refractivity contribution in [1.29, 1.82) is 15.8 Å². The van der Waals surface area contributed by atoms with Crippen LogP contribution in [0, 0.1) is 39.9 Å². The molecule has 10 rings (SSSR count). The molecule has 8 aromatic rings. The van der Waals surface area contributed by atoms with Crippen molar-refractivity contribution in [2.75, 3.05) is 0 Å². The van der Waals surface area contributed by atoms with E-state index in [1.165, 1.54) is 11.1 Å².